The van der Waals surface area contributed by atoms with E-state index in [0.717, 1.165) is 18.2 Å². The molecule has 1 aliphatic heterocycles. The topological polar surface area (TPSA) is 53.6 Å². The van der Waals surface area contributed by atoms with Crippen LogP contribution in [0.25, 0.3) is 0 Å². The Balaban J connectivity index is 1.62. The molecule has 1 unspecified atom stereocenters. The van der Waals surface area contributed by atoms with Crippen LogP contribution in [-0.4, -0.2) is 28.3 Å². The molecule has 0 aromatic carbocycles. The Morgan fingerprint density at radius 3 is 2.81 bits per heavy atom. The monoisotopic (exact) mass is 218 g/mol. The van der Waals surface area contributed by atoms with Crippen LogP contribution in [0.3, 0.4) is 0 Å². The largest absolute Gasteiger partial charge is 0.315 e. The summed E-state index contributed by atoms with van der Waals surface area (Å²) in [6.45, 7) is 2.26. The standard InChI is InChI=1S/C12H18N4/c1-4-12(5-1)7-13-6-9(12)11-14-10(15-16-11)8-2-3-8/h8-9,13H,1-7H2,(H,14,15,16). The minimum Gasteiger partial charge on any atom is -0.315 e. The first kappa shape index (κ1) is 9.16. The maximum atomic E-state index is 4.72. The van der Waals surface area contributed by atoms with Crippen molar-refractivity contribution in [2.75, 3.05) is 13.1 Å². The molecule has 1 spiro atoms. The molecule has 86 valence electrons. The summed E-state index contributed by atoms with van der Waals surface area (Å²) in [5.74, 6) is 3.46. The number of aromatic nitrogens is 3. The molecule has 1 atom stereocenters. The molecule has 3 fully saturated rings. The highest BCUT2D eigenvalue weighted by atomic mass is 15.2. The number of hydrogen-bond donors (Lipinski definition) is 2. The number of nitrogens with zero attached hydrogens (tertiary/aromatic N) is 2. The Bertz CT molecular complexity index is 403. The molecule has 4 nitrogen and oxygen atoms in total. The van der Waals surface area contributed by atoms with Crippen molar-refractivity contribution in [3.8, 4) is 0 Å². The zero-order chi connectivity index (χ0) is 10.6. The lowest BCUT2D eigenvalue weighted by Gasteiger charge is -2.41. The van der Waals surface area contributed by atoms with Gasteiger partial charge < -0.3 is 5.32 Å². The van der Waals surface area contributed by atoms with Crippen LogP contribution in [0.1, 0.15) is 55.6 Å². The second kappa shape index (κ2) is 3.06. The molecule has 2 saturated carbocycles. The lowest BCUT2D eigenvalue weighted by atomic mass is 9.62. The molecule has 3 aliphatic rings. The quantitative estimate of drug-likeness (QED) is 0.791. The third-order valence-electron chi connectivity index (χ3n) is 4.71. The molecular weight excluding hydrogens is 200 g/mol. The molecular formula is C12H18N4. The van der Waals surface area contributed by atoms with Gasteiger partial charge in [0.25, 0.3) is 0 Å². The van der Waals surface area contributed by atoms with Crippen LogP contribution >= 0.6 is 0 Å². The van der Waals surface area contributed by atoms with Crippen LogP contribution in [0.15, 0.2) is 0 Å². The van der Waals surface area contributed by atoms with E-state index in [0.29, 0.717) is 17.3 Å². The summed E-state index contributed by atoms with van der Waals surface area (Å²) in [5, 5.41) is 11.1. The first-order valence-electron chi connectivity index (χ1n) is 6.50. The summed E-state index contributed by atoms with van der Waals surface area (Å²) in [6, 6.07) is 0. The van der Waals surface area contributed by atoms with Gasteiger partial charge in [0.2, 0.25) is 0 Å². The van der Waals surface area contributed by atoms with Crippen molar-refractivity contribution >= 4 is 0 Å². The van der Waals surface area contributed by atoms with Gasteiger partial charge >= 0.3 is 0 Å². The van der Waals surface area contributed by atoms with Crippen molar-refractivity contribution < 1.29 is 0 Å². The highest BCUT2D eigenvalue weighted by Gasteiger charge is 2.49. The summed E-state index contributed by atoms with van der Waals surface area (Å²) in [4.78, 5) is 4.72. The van der Waals surface area contributed by atoms with Gasteiger partial charge in [-0.1, -0.05) is 6.42 Å². The number of rotatable bonds is 2. The highest BCUT2D eigenvalue weighted by molar-refractivity contribution is 5.15. The Labute approximate surface area is 95.2 Å². The van der Waals surface area contributed by atoms with E-state index < -0.39 is 0 Å². The lowest BCUT2D eigenvalue weighted by molar-refractivity contribution is 0.133. The van der Waals surface area contributed by atoms with Crippen LogP contribution in [0.2, 0.25) is 0 Å². The zero-order valence-corrected chi connectivity index (χ0v) is 9.50. The minimum absolute atomic E-state index is 0.514. The molecule has 4 heteroatoms. The van der Waals surface area contributed by atoms with Crippen LogP contribution < -0.4 is 5.32 Å². The average Bonchev–Trinajstić information content (AvgIpc) is 2.81. The summed E-state index contributed by atoms with van der Waals surface area (Å²) in [5.41, 5.74) is 0.514. The van der Waals surface area contributed by atoms with Crippen molar-refractivity contribution in [2.24, 2.45) is 5.41 Å². The molecule has 2 aliphatic carbocycles. The van der Waals surface area contributed by atoms with Gasteiger partial charge in [-0.3, -0.25) is 5.10 Å². The maximum Gasteiger partial charge on any atom is 0.153 e. The van der Waals surface area contributed by atoms with E-state index >= 15 is 0 Å². The van der Waals surface area contributed by atoms with Gasteiger partial charge in [-0.2, -0.15) is 5.10 Å². The van der Waals surface area contributed by atoms with Gasteiger partial charge in [0, 0.05) is 24.9 Å². The third-order valence-corrected chi connectivity index (χ3v) is 4.71. The normalized spacial score (nSPS) is 31.9. The third kappa shape index (κ3) is 1.19. The smallest absolute Gasteiger partial charge is 0.153 e. The summed E-state index contributed by atoms with van der Waals surface area (Å²) >= 11 is 0. The predicted molar refractivity (Wildman–Crippen MR) is 60.3 cm³/mol. The number of aromatic amines is 1. The van der Waals surface area contributed by atoms with Crippen molar-refractivity contribution in [1.82, 2.24) is 20.5 Å². The Hall–Kier alpha value is -0.900. The second-order valence-corrected chi connectivity index (χ2v) is 5.75. The van der Waals surface area contributed by atoms with Crippen LogP contribution in [-0.2, 0) is 0 Å². The molecule has 1 aromatic heterocycles. The first-order valence-corrected chi connectivity index (χ1v) is 6.50. The van der Waals surface area contributed by atoms with Crippen LogP contribution in [0, 0.1) is 5.41 Å². The summed E-state index contributed by atoms with van der Waals surface area (Å²) in [7, 11) is 0. The van der Waals surface area contributed by atoms with Crippen molar-refractivity contribution in [3.05, 3.63) is 11.6 Å². The average molecular weight is 218 g/mol. The minimum atomic E-state index is 0.514. The first-order chi connectivity index (χ1) is 7.87. The van der Waals surface area contributed by atoms with E-state index in [9.17, 15) is 0 Å². The molecule has 4 rings (SSSR count). The molecule has 2 N–H and O–H groups in total. The molecule has 0 radical (unpaired) electrons. The van der Waals surface area contributed by atoms with Crippen LogP contribution in [0.5, 0.6) is 0 Å². The molecule has 2 heterocycles. The predicted octanol–water partition coefficient (Wildman–Crippen LogP) is 1.54. The van der Waals surface area contributed by atoms with Gasteiger partial charge in [-0.05, 0) is 31.1 Å². The van der Waals surface area contributed by atoms with Gasteiger partial charge in [-0.15, -0.1) is 0 Å². The molecule has 1 aromatic rings. The van der Waals surface area contributed by atoms with Crippen molar-refractivity contribution in [2.45, 2.75) is 43.9 Å². The van der Waals surface area contributed by atoms with Crippen molar-refractivity contribution in [1.29, 1.82) is 0 Å². The number of hydrogen-bond acceptors (Lipinski definition) is 3. The van der Waals surface area contributed by atoms with Gasteiger partial charge in [-0.25, -0.2) is 4.98 Å². The van der Waals surface area contributed by atoms with Crippen LogP contribution in [0.4, 0.5) is 0 Å². The van der Waals surface area contributed by atoms with Gasteiger partial charge in [0.1, 0.15) is 5.82 Å². The fourth-order valence-corrected chi connectivity index (χ4v) is 3.32. The molecule has 1 saturated heterocycles. The fraction of sp³-hybridized carbons (Fsp3) is 0.833. The summed E-state index contributed by atoms with van der Waals surface area (Å²) < 4.78 is 0. The van der Waals surface area contributed by atoms with E-state index in [1.807, 2.05) is 0 Å². The number of nitrogens with one attached hydrogen (secondary N) is 2. The SMILES string of the molecule is C1CC2(C1)CNCC2c1nc(C2CC2)n[nH]1. The highest BCUT2D eigenvalue weighted by Crippen LogP contribution is 2.52. The summed E-state index contributed by atoms with van der Waals surface area (Å²) in [6.07, 6.45) is 6.69. The van der Waals surface area contributed by atoms with E-state index in [-0.39, 0.29) is 0 Å². The lowest BCUT2D eigenvalue weighted by Crippen LogP contribution is -2.36. The number of H-pyrrole nitrogens is 1. The van der Waals surface area contributed by atoms with Gasteiger partial charge in [0.15, 0.2) is 5.82 Å². The van der Waals surface area contributed by atoms with E-state index in [4.69, 9.17) is 4.98 Å². The fourth-order valence-electron chi connectivity index (χ4n) is 3.32. The second-order valence-electron chi connectivity index (χ2n) is 5.75. The van der Waals surface area contributed by atoms with E-state index in [1.165, 1.54) is 38.6 Å². The Kier molecular flexibility index (Phi) is 1.76. The van der Waals surface area contributed by atoms with E-state index in [2.05, 4.69) is 15.5 Å². The van der Waals surface area contributed by atoms with E-state index in [1.54, 1.807) is 0 Å². The van der Waals surface area contributed by atoms with Gasteiger partial charge in [0.05, 0.1) is 0 Å². The molecule has 0 bridgehead atoms. The Morgan fingerprint density at radius 1 is 1.25 bits per heavy atom. The Morgan fingerprint density at radius 2 is 2.12 bits per heavy atom. The van der Waals surface area contributed by atoms with Crippen molar-refractivity contribution in [3.63, 3.8) is 0 Å². The maximum absolute atomic E-state index is 4.72. The zero-order valence-electron chi connectivity index (χ0n) is 9.50. The molecule has 0 amide bonds. The molecule has 16 heavy (non-hydrogen) atoms.